The van der Waals surface area contributed by atoms with Gasteiger partial charge in [-0.2, -0.15) is 8.78 Å². The second-order valence-corrected chi connectivity index (χ2v) is 5.03. The van der Waals surface area contributed by atoms with Crippen LogP contribution in [0, 0.1) is 5.41 Å². The maximum Gasteiger partial charge on any atom is 0.319 e. The molecule has 6 heteroatoms. The predicted molar refractivity (Wildman–Crippen MR) is 58.5 cm³/mol. The third kappa shape index (κ3) is 2.19. The van der Waals surface area contributed by atoms with Gasteiger partial charge in [-0.1, -0.05) is 13.8 Å². The van der Waals surface area contributed by atoms with Crippen molar-refractivity contribution >= 4 is 0 Å². The molecule has 1 saturated carbocycles. The minimum absolute atomic E-state index is 0.139. The van der Waals surface area contributed by atoms with Gasteiger partial charge in [0.05, 0.1) is 12.6 Å². The Morgan fingerprint density at radius 2 is 2.35 bits per heavy atom. The van der Waals surface area contributed by atoms with E-state index in [4.69, 9.17) is 0 Å². The molecule has 2 unspecified atom stereocenters. The maximum absolute atomic E-state index is 12.6. The summed E-state index contributed by atoms with van der Waals surface area (Å²) >= 11 is 0. The zero-order valence-corrected chi connectivity index (χ0v) is 9.90. The molecule has 1 aromatic rings. The number of hydrogen-bond acceptors (Lipinski definition) is 3. The molecule has 0 spiro atoms. The van der Waals surface area contributed by atoms with Crippen LogP contribution < -0.4 is 5.32 Å². The van der Waals surface area contributed by atoms with Crippen molar-refractivity contribution in [3.63, 3.8) is 0 Å². The summed E-state index contributed by atoms with van der Waals surface area (Å²) in [6.07, 6.45) is 2.96. The molecule has 2 rings (SSSR count). The molecule has 0 aliphatic heterocycles. The van der Waals surface area contributed by atoms with E-state index >= 15 is 0 Å². The SMILES string of the molecule is CC1(C)C(O)CC1NCc1nccn1C(F)F. The van der Waals surface area contributed by atoms with Crippen molar-refractivity contribution in [3.05, 3.63) is 18.2 Å². The van der Waals surface area contributed by atoms with Crippen LogP contribution in [0.5, 0.6) is 0 Å². The number of nitrogens with zero attached hydrogens (tertiary/aromatic N) is 2. The Morgan fingerprint density at radius 3 is 2.88 bits per heavy atom. The van der Waals surface area contributed by atoms with Crippen LogP contribution in [-0.2, 0) is 6.54 Å². The highest BCUT2D eigenvalue weighted by molar-refractivity contribution is 5.03. The van der Waals surface area contributed by atoms with E-state index in [1.807, 2.05) is 13.8 Å². The fraction of sp³-hybridized carbons (Fsp3) is 0.727. The van der Waals surface area contributed by atoms with Gasteiger partial charge in [-0.3, -0.25) is 4.57 Å². The Labute approximate surface area is 98.7 Å². The third-order valence-electron chi connectivity index (χ3n) is 3.68. The lowest BCUT2D eigenvalue weighted by Crippen LogP contribution is -2.59. The average molecular weight is 245 g/mol. The van der Waals surface area contributed by atoms with E-state index in [2.05, 4.69) is 10.3 Å². The lowest BCUT2D eigenvalue weighted by molar-refractivity contribution is -0.0734. The quantitative estimate of drug-likeness (QED) is 0.845. The zero-order chi connectivity index (χ0) is 12.6. The molecule has 1 heterocycles. The first kappa shape index (κ1) is 12.4. The first-order chi connectivity index (χ1) is 7.93. The molecule has 1 aliphatic rings. The molecule has 4 nitrogen and oxygen atoms in total. The van der Waals surface area contributed by atoms with E-state index in [0.29, 0.717) is 12.2 Å². The first-order valence-corrected chi connectivity index (χ1v) is 5.64. The van der Waals surface area contributed by atoms with E-state index in [-0.39, 0.29) is 24.1 Å². The van der Waals surface area contributed by atoms with Crippen LogP contribution in [0.15, 0.2) is 12.4 Å². The average Bonchev–Trinajstić information content (AvgIpc) is 2.72. The number of aromatic nitrogens is 2. The number of nitrogens with one attached hydrogen (secondary N) is 1. The summed E-state index contributed by atoms with van der Waals surface area (Å²) in [4.78, 5) is 3.89. The summed E-state index contributed by atoms with van der Waals surface area (Å²) in [5.74, 6) is 0.317. The summed E-state index contributed by atoms with van der Waals surface area (Å²) < 4.78 is 25.9. The molecule has 1 aliphatic carbocycles. The zero-order valence-electron chi connectivity index (χ0n) is 9.90. The summed E-state index contributed by atoms with van der Waals surface area (Å²) in [6, 6.07) is 0.139. The minimum atomic E-state index is -2.56. The fourth-order valence-electron chi connectivity index (χ4n) is 2.12. The molecule has 2 N–H and O–H groups in total. The fourth-order valence-corrected chi connectivity index (χ4v) is 2.12. The van der Waals surface area contributed by atoms with Crippen LogP contribution in [0.2, 0.25) is 0 Å². The van der Waals surface area contributed by atoms with Gasteiger partial charge in [0.15, 0.2) is 0 Å². The lowest BCUT2D eigenvalue weighted by atomic mass is 9.64. The number of alkyl halides is 2. The lowest BCUT2D eigenvalue weighted by Gasteiger charge is -2.49. The van der Waals surface area contributed by atoms with Crippen molar-refractivity contribution in [2.24, 2.45) is 5.41 Å². The Bertz CT molecular complexity index is 392. The van der Waals surface area contributed by atoms with Crippen LogP contribution in [0.25, 0.3) is 0 Å². The van der Waals surface area contributed by atoms with E-state index in [9.17, 15) is 13.9 Å². The van der Waals surface area contributed by atoms with Crippen LogP contribution in [0.3, 0.4) is 0 Å². The van der Waals surface area contributed by atoms with E-state index in [0.717, 1.165) is 4.57 Å². The Morgan fingerprint density at radius 1 is 1.65 bits per heavy atom. The molecule has 0 saturated heterocycles. The predicted octanol–water partition coefficient (Wildman–Crippen LogP) is 1.53. The standard InChI is InChI=1S/C11H17F2N3O/c1-11(2)7(5-8(11)17)15-6-9-14-3-4-16(9)10(12)13/h3-4,7-8,10,15,17H,5-6H2,1-2H3. The van der Waals surface area contributed by atoms with Crippen LogP contribution in [-0.4, -0.2) is 26.8 Å². The Hall–Kier alpha value is -1.01. The van der Waals surface area contributed by atoms with Crippen molar-refractivity contribution < 1.29 is 13.9 Å². The van der Waals surface area contributed by atoms with Crippen molar-refractivity contribution in [3.8, 4) is 0 Å². The summed E-state index contributed by atoms with van der Waals surface area (Å²) in [5.41, 5.74) is -0.206. The molecular formula is C11H17F2N3O. The van der Waals surface area contributed by atoms with Gasteiger partial charge in [-0.25, -0.2) is 4.98 Å². The van der Waals surface area contributed by atoms with E-state index in [1.165, 1.54) is 12.4 Å². The second-order valence-electron chi connectivity index (χ2n) is 5.03. The molecular weight excluding hydrogens is 228 g/mol. The largest absolute Gasteiger partial charge is 0.392 e. The van der Waals surface area contributed by atoms with Crippen molar-refractivity contribution in [1.29, 1.82) is 0 Å². The normalized spacial score (nSPS) is 27.2. The number of aliphatic hydroxyl groups is 1. The number of hydrogen-bond donors (Lipinski definition) is 2. The molecule has 0 bridgehead atoms. The number of aliphatic hydroxyl groups excluding tert-OH is 1. The summed E-state index contributed by atoms with van der Waals surface area (Å²) in [7, 11) is 0. The number of halogens is 2. The topological polar surface area (TPSA) is 50.1 Å². The summed E-state index contributed by atoms with van der Waals surface area (Å²) in [5, 5.41) is 12.7. The monoisotopic (exact) mass is 245 g/mol. The van der Waals surface area contributed by atoms with Crippen molar-refractivity contribution in [2.45, 2.75) is 45.5 Å². The van der Waals surface area contributed by atoms with E-state index < -0.39 is 6.55 Å². The molecule has 17 heavy (non-hydrogen) atoms. The van der Waals surface area contributed by atoms with Crippen molar-refractivity contribution in [2.75, 3.05) is 0 Å². The van der Waals surface area contributed by atoms with Crippen LogP contribution in [0.1, 0.15) is 32.6 Å². The summed E-state index contributed by atoms with van der Waals surface area (Å²) in [6.45, 7) is 1.64. The molecule has 1 fully saturated rings. The first-order valence-electron chi connectivity index (χ1n) is 5.64. The van der Waals surface area contributed by atoms with Crippen LogP contribution in [0.4, 0.5) is 8.78 Å². The van der Waals surface area contributed by atoms with Gasteiger partial charge in [-0.05, 0) is 6.42 Å². The molecule has 1 aromatic heterocycles. The smallest absolute Gasteiger partial charge is 0.319 e. The van der Waals surface area contributed by atoms with Crippen molar-refractivity contribution in [1.82, 2.24) is 14.9 Å². The Kier molecular flexibility index (Phi) is 3.18. The van der Waals surface area contributed by atoms with Gasteiger partial charge >= 0.3 is 6.55 Å². The van der Waals surface area contributed by atoms with Crippen LogP contribution >= 0.6 is 0 Å². The van der Waals surface area contributed by atoms with E-state index in [1.54, 1.807) is 0 Å². The minimum Gasteiger partial charge on any atom is -0.392 e. The highest BCUT2D eigenvalue weighted by atomic mass is 19.3. The van der Waals surface area contributed by atoms with Gasteiger partial charge in [0.2, 0.25) is 0 Å². The molecule has 96 valence electrons. The molecule has 0 amide bonds. The molecule has 0 aromatic carbocycles. The maximum atomic E-state index is 12.6. The number of rotatable bonds is 4. The molecule has 2 atom stereocenters. The van der Waals surface area contributed by atoms with Gasteiger partial charge in [0.1, 0.15) is 5.82 Å². The molecule has 0 radical (unpaired) electrons. The van der Waals surface area contributed by atoms with Gasteiger partial charge in [-0.15, -0.1) is 0 Å². The van der Waals surface area contributed by atoms with Gasteiger partial charge in [0, 0.05) is 23.9 Å². The third-order valence-corrected chi connectivity index (χ3v) is 3.68. The number of imidazole rings is 1. The van der Waals surface area contributed by atoms with Gasteiger partial charge in [0.25, 0.3) is 0 Å². The highest BCUT2D eigenvalue weighted by Gasteiger charge is 2.46. The highest BCUT2D eigenvalue weighted by Crippen LogP contribution is 2.40. The second kappa shape index (κ2) is 4.34. The Balaban J connectivity index is 1.93. The van der Waals surface area contributed by atoms with Gasteiger partial charge < -0.3 is 10.4 Å².